The van der Waals surface area contributed by atoms with E-state index in [0.717, 1.165) is 11.0 Å². The van der Waals surface area contributed by atoms with Gasteiger partial charge in [0, 0.05) is 17.9 Å². The zero-order chi connectivity index (χ0) is 16.8. The lowest BCUT2D eigenvalue weighted by atomic mass is 9.80. The van der Waals surface area contributed by atoms with Crippen LogP contribution in [0.3, 0.4) is 0 Å². The molecule has 6 heteroatoms. The number of aromatic nitrogens is 1. The number of pyridine rings is 1. The van der Waals surface area contributed by atoms with Crippen LogP contribution in [0.25, 0.3) is 5.52 Å². The van der Waals surface area contributed by atoms with Crippen LogP contribution in [0.2, 0.25) is 0 Å². The van der Waals surface area contributed by atoms with Gasteiger partial charge in [0.05, 0.1) is 23.4 Å². The van der Waals surface area contributed by atoms with Gasteiger partial charge in [0.1, 0.15) is 0 Å². The fraction of sp³-hybridized carbons (Fsp3) is 0.471. The van der Waals surface area contributed by atoms with Crippen LogP contribution in [-0.4, -0.2) is 35.3 Å². The van der Waals surface area contributed by atoms with Crippen molar-refractivity contribution in [3.8, 4) is 0 Å². The standard InChI is InChI=1S/C17H22BNO4/c1-6-21-15(20)12-9-14-8-7-13(11-19(14)10-12)18-22-16(2,3)17(4,5)23-18/h7-11H,6H2,1-5H3. The normalized spacial score (nSPS) is 19.3. The molecule has 3 rings (SSSR count). The molecule has 1 fully saturated rings. The Hall–Kier alpha value is -1.79. The molecular weight excluding hydrogens is 293 g/mol. The molecule has 0 aromatic carbocycles. The van der Waals surface area contributed by atoms with Crippen LogP contribution >= 0.6 is 0 Å². The van der Waals surface area contributed by atoms with Crippen LogP contribution in [0.1, 0.15) is 45.0 Å². The third-order valence-electron chi connectivity index (χ3n) is 4.65. The summed E-state index contributed by atoms with van der Waals surface area (Å²) in [4.78, 5) is 11.8. The van der Waals surface area contributed by atoms with Gasteiger partial charge in [0.25, 0.3) is 0 Å². The highest BCUT2D eigenvalue weighted by Gasteiger charge is 2.51. The summed E-state index contributed by atoms with van der Waals surface area (Å²) < 4.78 is 19.1. The molecule has 3 heterocycles. The second-order valence-electron chi connectivity index (χ2n) is 6.83. The van der Waals surface area contributed by atoms with E-state index in [2.05, 4.69) is 0 Å². The minimum Gasteiger partial charge on any atom is -0.462 e. The molecule has 0 spiro atoms. The fourth-order valence-electron chi connectivity index (χ4n) is 2.57. The summed E-state index contributed by atoms with van der Waals surface area (Å²) in [6.45, 7) is 10.3. The lowest BCUT2D eigenvalue weighted by Crippen LogP contribution is -2.41. The zero-order valence-corrected chi connectivity index (χ0v) is 14.3. The van der Waals surface area contributed by atoms with Crippen molar-refractivity contribution in [2.75, 3.05) is 6.61 Å². The van der Waals surface area contributed by atoms with Crippen molar-refractivity contribution in [1.29, 1.82) is 0 Å². The van der Waals surface area contributed by atoms with E-state index in [1.54, 1.807) is 13.1 Å². The fourth-order valence-corrected chi connectivity index (χ4v) is 2.57. The maximum atomic E-state index is 11.8. The average Bonchev–Trinajstić information content (AvgIpc) is 2.97. The summed E-state index contributed by atoms with van der Waals surface area (Å²) in [5, 5.41) is 0. The third kappa shape index (κ3) is 2.77. The Morgan fingerprint density at radius 2 is 1.83 bits per heavy atom. The molecule has 122 valence electrons. The maximum absolute atomic E-state index is 11.8. The van der Waals surface area contributed by atoms with E-state index in [9.17, 15) is 4.79 Å². The Kier molecular flexibility index (Phi) is 3.77. The van der Waals surface area contributed by atoms with Gasteiger partial charge in [-0.1, -0.05) is 6.07 Å². The van der Waals surface area contributed by atoms with E-state index in [0.29, 0.717) is 12.2 Å². The van der Waals surface area contributed by atoms with Crippen LogP contribution in [0.4, 0.5) is 0 Å². The highest BCUT2D eigenvalue weighted by Crippen LogP contribution is 2.36. The van der Waals surface area contributed by atoms with E-state index >= 15 is 0 Å². The highest BCUT2D eigenvalue weighted by atomic mass is 16.7. The summed E-state index contributed by atoms with van der Waals surface area (Å²) in [7, 11) is -0.419. The number of hydrogen-bond acceptors (Lipinski definition) is 4. The summed E-state index contributed by atoms with van der Waals surface area (Å²) >= 11 is 0. The molecule has 2 aromatic rings. The molecule has 0 bridgehead atoms. The Balaban J connectivity index is 1.91. The van der Waals surface area contributed by atoms with Crippen molar-refractivity contribution in [2.24, 2.45) is 0 Å². The van der Waals surface area contributed by atoms with Gasteiger partial charge >= 0.3 is 13.1 Å². The number of carbonyl (C=O) groups excluding carboxylic acids is 1. The molecule has 0 N–H and O–H groups in total. The van der Waals surface area contributed by atoms with Crippen molar-refractivity contribution in [3.63, 3.8) is 0 Å². The van der Waals surface area contributed by atoms with E-state index in [1.807, 2.05) is 56.5 Å². The molecule has 0 atom stereocenters. The number of carbonyl (C=O) groups is 1. The third-order valence-corrected chi connectivity index (χ3v) is 4.65. The quantitative estimate of drug-likeness (QED) is 0.645. The molecule has 5 nitrogen and oxygen atoms in total. The van der Waals surface area contributed by atoms with Crippen molar-refractivity contribution < 1.29 is 18.8 Å². The van der Waals surface area contributed by atoms with Crippen LogP contribution in [0.5, 0.6) is 0 Å². The molecule has 1 saturated heterocycles. The monoisotopic (exact) mass is 315 g/mol. The predicted octanol–water partition coefficient (Wildman–Crippen LogP) is 2.42. The van der Waals surface area contributed by atoms with Crippen molar-refractivity contribution in [2.45, 2.75) is 45.8 Å². The van der Waals surface area contributed by atoms with Crippen molar-refractivity contribution in [1.82, 2.24) is 4.40 Å². The van der Waals surface area contributed by atoms with E-state index < -0.39 is 7.12 Å². The van der Waals surface area contributed by atoms with Crippen molar-refractivity contribution >= 4 is 24.1 Å². The second kappa shape index (κ2) is 5.39. The number of ether oxygens (including phenoxy) is 1. The molecule has 1 aliphatic rings. The zero-order valence-electron chi connectivity index (χ0n) is 14.3. The molecular formula is C17H22BNO4. The summed E-state index contributed by atoms with van der Waals surface area (Å²) in [6, 6.07) is 5.72. The molecule has 23 heavy (non-hydrogen) atoms. The number of nitrogens with zero attached hydrogens (tertiary/aromatic N) is 1. The number of fused-ring (bicyclic) bond motifs is 1. The minimum absolute atomic E-state index is 0.312. The lowest BCUT2D eigenvalue weighted by Gasteiger charge is -2.32. The highest BCUT2D eigenvalue weighted by molar-refractivity contribution is 6.62. The van der Waals surface area contributed by atoms with Gasteiger partial charge in [0.15, 0.2) is 0 Å². The first kappa shape index (κ1) is 16.1. The molecule has 0 amide bonds. The van der Waals surface area contributed by atoms with Gasteiger partial charge < -0.3 is 18.4 Å². The Bertz CT molecular complexity index is 734. The maximum Gasteiger partial charge on any atom is 0.496 e. The second-order valence-corrected chi connectivity index (χ2v) is 6.83. The number of hydrogen-bond donors (Lipinski definition) is 0. The van der Waals surface area contributed by atoms with Crippen molar-refractivity contribution in [3.05, 3.63) is 36.2 Å². The van der Waals surface area contributed by atoms with E-state index in [1.165, 1.54) is 0 Å². The Labute approximate surface area is 136 Å². The van der Waals surface area contributed by atoms with Gasteiger partial charge in [-0.15, -0.1) is 0 Å². The topological polar surface area (TPSA) is 49.2 Å². The SMILES string of the molecule is CCOC(=O)c1cc2ccc(B3OC(C)(C)C(C)(C)O3)cn2c1. The first-order chi connectivity index (χ1) is 10.7. The van der Waals surface area contributed by atoms with Gasteiger partial charge in [0.2, 0.25) is 0 Å². The van der Waals surface area contributed by atoms with Crippen LogP contribution < -0.4 is 5.46 Å². The van der Waals surface area contributed by atoms with E-state index in [-0.39, 0.29) is 17.2 Å². The molecule has 0 aliphatic carbocycles. The number of esters is 1. The summed E-state index contributed by atoms with van der Waals surface area (Å²) in [6.07, 6.45) is 3.70. The Morgan fingerprint density at radius 3 is 2.43 bits per heavy atom. The minimum atomic E-state index is -0.419. The smallest absolute Gasteiger partial charge is 0.462 e. The summed E-state index contributed by atoms with van der Waals surface area (Å²) in [5.74, 6) is -0.312. The first-order valence-corrected chi connectivity index (χ1v) is 7.88. The molecule has 1 aliphatic heterocycles. The summed E-state index contributed by atoms with van der Waals surface area (Å²) in [5.41, 5.74) is 1.63. The Morgan fingerprint density at radius 1 is 1.17 bits per heavy atom. The van der Waals surface area contributed by atoms with Gasteiger partial charge in [-0.3, -0.25) is 0 Å². The van der Waals surface area contributed by atoms with Crippen LogP contribution in [0.15, 0.2) is 30.6 Å². The van der Waals surface area contributed by atoms with Crippen LogP contribution in [0, 0.1) is 0 Å². The first-order valence-electron chi connectivity index (χ1n) is 7.88. The van der Waals surface area contributed by atoms with Gasteiger partial charge in [-0.2, -0.15) is 0 Å². The van der Waals surface area contributed by atoms with E-state index in [4.69, 9.17) is 14.0 Å². The molecule has 0 radical (unpaired) electrons. The van der Waals surface area contributed by atoms with Gasteiger partial charge in [-0.25, -0.2) is 4.79 Å². The number of rotatable bonds is 3. The van der Waals surface area contributed by atoms with Gasteiger partial charge in [-0.05, 0) is 52.2 Å². The molecule has 0 unspecified atom stereocenters. The van der Waals surface area contributed by atoms with Crippen LogP contribution in [-0.2, 0) is 14.0 Å². The molecule has 2 aromatic heterocycles. The lowest BCUT2D eigenvalue weighted by molar-refractivity contribution is 0.00578. The largest absolute Gasteiger partial charge is 0.496 e. The average molecular weight is 315 g/mol. The predicted molar refractivity (Wildman–Crippen MR) is 89.1 cm³/mol. The molecule has 0 saturated carbocycles.